The Hall–Kier alpha value is -4.16. The molecule has 12 heteroatoms. The molecule has 5 N–H and O–H groups in total. The number of rotatable bonds is 10. The van der Waals surface area contributed by atoms with Gasteiger partial charge in [-0.05, 0) is 54.2 Å². The molecule has 11 nitrogen and oxygen atoms in total. The number of aromatic nitrogens is 1. The number of nitrogens with two attached hydrogens (primary N) is 2. The molecule has 200 valence electrons. The summed E-state index contributed by atoms with van der Waals surface area (Å²) >= 11 is 0.734. The van der Waals surface area contributed by atoms with E-state index in [1.807, 2.05) is 0 Å². The standard InChI is InChI=1S/C26H29N5O6S/c1-35-16-11-9-15(10-12-16)22(25(33)29-14-17-6-5-13-37-17)31(18-7-3-4-8-19(18)36-2)26(34)23-20(27)21(24(28)32)30-38-23/h3-4,7-12,17,22H,5-6,13-14,27H2,1-2H3,(H2,28,32)(H,29,33)/t17-,22-/m0/s1. The van der Waals surface area contributed by atoms with E-state index in [1.165, 1.54) is 19.1 Å². The van der Waals surface area contributed by atoms with Gasteiger partial charge in [0, 0.05) is 13.2 Å². The number of primary amides is 1. The van der Waals surface area contributed by atoms with Crippen LogP contribution in [0.2, 0.25) is 0 Å². The summed E-state index contributed by atoms with van der Waals surface area (Å²) in [4.78, 5) is 41.1. The van der Waals surface area contributed by atoms with Crippen LogP contribution < -0.4 is 31.2 Å². The third-order valence-corrected chi connectivity index (χ3v) is 7.04. The van der Waals surface area contributed by atoms with E-state index < -0.39 is 23.8 Å². The minimum atomic E-state index is -1.15. The summed E-state index contributed by atoms with van der Waals surface area (Å²) in [6.07, 6.45) is 1.64. The quantitative estimate of drug-likeness (QED) is 0.354. The van der Waals surface area contributed by atoms with Crippen LogP contribution in [0.4, 0.5) is 11.4 Å². The lowest BCUT2D eigenvalue weighted by Gasteiger charge is -2.32. The predicted molar refractivity (Wildman–Crippen MR) is 143 cm³/mol. The number of benzene rings is 2. The fraction of sp³-hybridized carbons (Fsp3) is 0.308. The highest BCUT2D eigenvalue weighted by molar-refractivity contribution is 7.09. The third-order valence-electron chi connectivity index (χ3n) is 6.19. The Labute approximate surface area is 223 Å². The van der Waals surface area contributed by atoms with Crippen molar-refractivity contribution in [3.63, 3.8) is 0 Å². The number of nitrogen functional groups attached to an aromatic ring is 1. The molecule has 1 fully saturated rings. The SMILES string of the molecule is COc1ccc([C@@H](C(=O)NC[C@@H]2CCCO2)N(C(=O)c2snc(C(N)=O)c2N)c2ccccc2OC)cc1. The van der Waals surface area contributed by atoms with Gasteiger partial charge >= 0.3 is 0 Å². The Bertz CT molecular complexity index is 1310. The van der Waals surface area contributed by atoms with Gasteiger partial charge in [0.1, 0.15) is 22.4 Å². The number of amides is 3. The minimum Gasteiger partial charge on any atom is -0.497 e. The topological polar surface area (TPSA) is 159 Å². The van der Waals surface area contributed by atoms with Crippen molar-refractivity contribution in [1.29, 1.82) is 0 Å². The number of nitrogens with one attached hydrogen (secondary N) is 1. The number of nitrogens with zero attached hydrogens (tertiary/aromatic N) is 2. The summed E-state index contributed by atoms with van der Waals surface area (Å²) in [5, 5.41) is 2.94. The first kappa shape index (κ1) is 26.9. The van der Waals surface area contributed by atoms with E-state index in [4.69, 9.17) is 25.7 Å². The third kappa shape index (κ3) is 5.55. The number of ether oxygens (including phenoxy) is 3. The second kappa shape index (κ2) is 11.9. The molecule has 1 saturated heterocycles. The molecular formula is C26H29N5O6S. The molecule has 0 unspecified atom stereocenters. The van der Waals surface area contributed by atoms with E-state index in [1.54, 1.807) is 48.5 Å². The zero-order valence-corrected chi connectivity index (χ0v) is 21.8. The lowest BCUT2D eigenvalue weighted by atomic mass is 10.0. The van der Waals surface area contributed by atoms with E-state index in [-0.39, 0.29) is 28.9 Å². The Morgan fingerprint density at radius 2 is 1.89 bits per heavy atom. The Kier molecular flexibility index (Phi) is 8.44. The molecule has 4 rings (SSSR count). The molecule has 0 saturated carbocycles. The molecule has 2 aromatic carbocycles. The van der Waals surface area contributed by atoms with Crippen molar-refractivity contribution in [3.05, 3.63) is 64.7 Å². The molecule has 1 aromatic heterocycles. The van der Waals surface area contributed by atoms with Crippen LogP contribution in [0, 0.1) is 0 Å². The number of carbonyl (C=O) groups excluding carboxylic acids is 3. The highest BCUT2D eigenvalue weighted by Gasteiger charge is 2.37. The van der Waals surface area contributed by atoms with Crippen molar-refractivity contribution >= 4 is 40.6 Å². The maximum atomic E-state index is 14.2. The molecule has 0 aliphatic carbocycles. The molecule has 0 radical (unpaired) electrons. The van der Waals surface area contributed by atoms with E-state index >= 15 is 0 Å². The van der Waals surface area contributed by atoms with Crippen LogP contribution in [0.5, 0.6) is 11.5 Å². The van der Waals surface area contributed by atoms with Crippen molar-refractivity contribution in [1.82, 2.24) is 9.69 Å². The summed E-state index contributed by atoms with van der Waals surface area (Å²) in [6, 6.07) is 12.5. The Balaban J connectivity index is 1.84. The molecule has 0 bridgehead atoms. The molecule has 2 heterocycles. The fourth-order valence-corrected chi connectivity index (χ4v) is 5.00. The maximum Gasteiger partial charge on any atom is 0.273 e. The van der Waals surface area contributed by atoms with E-state index in [0.29, 0.717) is 29.4 Å². The van der Waals surface area contributed by atoms with Crippen LogP contribution in [-0.4, -0.2) is 55.6 Å². The number of carbonyl (C=O) groups is 3. The minimum absolute atomic E-state index is 0.0323. The van der Waals surface area contributed by atoms with Crippen molar-refractivity contribution < 1.29 is 28.6 Å². The summed E-state index contributed by atoms with van der Waals surface area (Å²) in [6.45, 7) is 0.926. The first-order valence-electron chi connectivity index (χ1n) is 11.9. The van der Waals surface area contributed by atoms with Crippen LogP contribution in [0.3, 0.4) is 0 Å². The van der Waals surface area contributed by atoms with Crippen LogP contribution >= 0.6 is 11.5 Å². The van der Waals surface area contributed by atoms with Crippen molar-refractivity contribution in [3.8, 4) is 11.5 Å². The average molecular weight is 540 g/mol. The van der Waals surface area contributed by atoms with Gasteiger partial charge in [0.25, 0.3) is 11.8 Å². The smallest absolute Gasteiger partial charge is 0.273 e. The van der Waals surface area contributed by atoms with Gasteiger partial charge in [-0.1, -0.05) is 24.3 Å². The zero-order chi connectivity index (χ0) is 27.2. The van der Waals surface area contributed by atoms with Gasteiger partial charge in [-0.3, -0.25) is 19.3 Å². The fourth-order valence-electron chi connectivity index (χ4n) is 4.25. The summed E-state index contributed by atoms with van der Waals surface area (Å²) < 4.78 is 20.5. The van der Waals surface area contributed by atoms with E-state index in [2.05, 4.69) is 9.69 Å². The molecule has 3 amide bonds. The van der Waals surface area contributed by atoms with Gasteiger partial charge in [0.15, 0.2) is 5.69 Å². The average Bonchev–Trinajstić information content (AvgIpc) is 3.60. The van der Waals surface area contributed by atoms with Crippen LogP contribution in [-0.2, 0) is 9.53 Å². The molecule has 3 aromatic rings. The lowest BCUT2D eigenvalue weighted by Crippen LogP contribution is -2.45. The summed E-state index contributed by atoms with van der Waals surface area (Å²) in [7, 11) is 3.00. The molecule has 1 aliphatic heterocycles. The number of hydrogen-bond donors (Lipinski definition) is 3. The molecule has 2 atom stereocenters. The molecule has 38 heavy (non-hydrogen) atoms. The first-order chi connectivity index (χ1) is 18.3. The van der Waals surface area contributed by atoms with E-state index in [9.17, 15) is 14.4 Å². The van der Waals surface area contributed by atoms with Gasteiger partial charge in [-0.15, -0.1) is 0 Å². The van der Waals surface area contributed by atoms with Crippen molar-refractivity contribution in [2.75, 3.05) is 38.0 Å². The van der Waals surface area contributed by atoms with Gasteiger partial charge < -0.3 is 31.0 Å². The number of anilines is 2. The normalized spacial score (nSPS) is 15.5. The highest BCUT2D eigenvalue weighted by Crippen LogP contribution is 2.38. The predicted octanol–water partition coefficient (Wildman–Crippen LogP) is 2.52. The number of para-hydroxylation sites is 2. The van der Waals surface area contributed by atoms with Gasteiger partial charge in [0.05, 0.1) is 31.7 Å². The van der Waals surface area contributed by atoms with Crippen molar-refractivity contribution in [2.45, 2.75) is 25.0 Å². The Morgan fingerprint density at radius 3 is 2.50 bits per heavy atom. The zero-order valence-electron chi connectivity index (χ0n) is 21.0. The molecule has 1 aliphatic rings. The number of methoxy groups -OCH3 is 2. The summed E-state index contributed by atoms with van der Waals surface area (Å²) in [5.41, 5.74) is 12.0. The second-order valence-corrected chi connectivity index (χ2v) is 9.31. The molecule has 0 spiro atoms. The lowest BCUT2D eigenvalue weighted by molar-refractivity contribution is -0.123. The maximum absolute atomic E-state index is 14.2. The van der Waals surface area contributed by atoms with Gasteiger partial charge in [-0.25, -0.2) is 0 Å². The largest absolute Gasteiger partial charge is 0.497 e. The monoisotopic (exact) mass is 539 g/mol. The summed E-state index contributed by atoms with van der Waals surface area (Å²) in [5.74, 6) is -1.01. The highest BCUT2D eigenvalue weighted by atomic mass is 32.1. The van der Waals surface area contributed by atoms with Crippen molar-refractivity contribution in [2.24, 2.45) is 5.73 Å². The van der Waals surface area contributed by atoms with Gasteiger partial charge in [0.2, 0.25) is 5.91 Å². The molecular weight excluding hydrogens is 510 g/mol. The van der Waals surface area contributed by atoms with Crippen LogP contribution in [0.25, 0.3) is 0 Å². The first-order valence-corrected chi connectivity index (χ1v) is 12.7. The number of hydrogen-bond acceptors (Lipinski definition) is 9. The van der Waals surface area contributed by atoms with Crippen LogP contribution in [0.15, 0.2) is 48.5 Å². The Morgan fingerprint density at radius 1 is 1.16 bits per heavy atom. The van der Waals surface area contributed by atoms with Gasteiger partial charge in [-0.2, -0.15) is 4.37 Å². The van der Waals surface area contributed by atoms with Crippen LogP contribution in [0.1, 0.15) is 44.6 Å². The second-order valence-electron chi connectivity index (χ2n) is 8.54. The van der Waals surface area contributed by atoms with E-state index in [0.717, 1.165) is 24.4 Å².